The molecule has 0 fully saturated rings. The predicted molar refractivity (Wildman–Crippen MR) is 142 cm³/mol. The molecule has 0 bridgehead atoms. The molecule has 38 heavy (non-hydrogen) atoms. The third-order valence-electron chi connectivity index (χ3n) is 5.88. The molecule has 2 atom stereocenters. The first-order valence-corrected chi connectivity index (χ1v) is 12.3. The van der Waals surface area contributed by atoms with E-state index >= 15 is 0 Å². The molecule has 8 nitrogen and oxygen atoms in total. The lowest BCUT2D eigenvalue weighted by molar-refractivity contribution is -0.120. The minimum atomic E-state index is -1.35. The van der Waals surface area contributed by atoms with Crippen LogP contribution in [0.15, 0.2) is 59.5 Å². The molecule has 3 aromatic rings. The average molecular weight is 540 g/mol. The number of rotatable bonds is 10. The van der Waals surface area contributed by atoms with Gasteiger partial charge in [-0.15, -0.1) is 0 Å². The van der Waals surface area contributed by atoms with Gasteiger partial charge in [0, 0.05) is 34.3 Å². The fraction of sp³-hybridized carbons (Fsp3) is 0.286. The predicted octanol–water partition coefficient (Wildman–Crippen LogP) is 5.54. The molecular weight excluding hydrogens is 513 g/mol. The first-order valence-electron chi connectivity index (χ1n) is 11.9. The maximum Gasteiger partial charge on any atom is 0.338 e. The summed E-state index contributed by atoms with van der Waals surface area (Å²) in [6.07, 6.45) is -0.133. The van der Waals surface area contributed by atoms with Crippen LogP contribution in [0.1, 0.15) is 48.7 Å². The molecule has 0 aliphatic rings. The van der Waals surface area contributed by atoms with Gasteiger partial charge in [0.25, 0.3) is 5.56 Å². The Labute approximate surface area is 224 Å². The summed E-state index contributed by atoms with van der Waals surface area (Å²) in [5, 5.41) is 12.6. The second-order valence-electron chi connectivity index (χ2n) is 8.35. The van der Waals surface area contributed by atoms with E-state index < -0.39 is 29.6 Å². The molecule has 0 spiro atoms. The average Bonchev–Trinajstić information content (AvgIpc) is 2.92. The van der Waals surface area contributed by atoms with Crippen molar-refractivity contribution in [3.63, 3.8) is 0 Å². The smallest absolute Gasteiger partial charge is 0.338 e. The summed E-state index contributed by atoms with van der Waals surface area (Å²) in [5.41, 5.74) is 1.06. The molecule has 0 aliphatic carbocycles. The van der Waals surface area contributed by atoms with Crippen molar-refractivity contribution in [3.8, 4) is 22.9 Å². The van der Waals surface area contributed by atoms with Crippen molar-refractivity contribution in [2.45, 2.75) is 38.9 Å². The Balaban J connectivity index is 2.01. The first-order chi connectivity index (χ1) is 18.2. The van der Waals surface area contributed by atoms with E-state index in [1.54, 1.807) is 26.0 Å². The highest BCUT2D eigenvalue weighted by atomic mass is 35.5. The van der Waals surface area contributed by atoms with Crippen LogP contribution in [-0.2, 0) is 9.53 Å². The number of anilines is 1. The largest absolute Gasteiger partial charge is 0.495 e. The van der Waals surface area contributed by atoms with E-state index in [0.29, 0.717) is 27.4 Å². The number of nitrogens with one attached hydrogen (secondary N) is 1. The number of nitrogens with zero attached hydrogens (tertiary/aromatic N) is 2. The maximum absolute atomic E-state index is 14.6. The summed E-state index contributed by atoms with van der Waals surface area (Å²) >= 11 is 6.12. The number of halogens is 2. The van der Waals surface area contributed by atoms with E-state index in [-0.39, 0.29) is 30.8 Å². The lowest BCUT2D eigenvalue weighted by Crippen LogP contribution is -2.34. The fourth-order valence-corrected chi connectivity index (χ4v) is 4.04. The number of benzene rings is 2. The van der Waals surface area contributed by atoms with Crippen LogP contribution in [0.5, 0.6) is 5.75 Å². The molecule has 198 valence electrons. The summed E-state index contributed by atoms with van der Waals surface area (Å²) in [6.45, 7) is 3.57. The van der Waals surface area contributed by atoms with Crippen molar-refractivity contribution in [1.82, 2.24) is 4.57 Å². The van der Waals surface area contributed by atoms with Crippen molar-refractivity contribution in [1.29, 1.82) is 5.26 Å². The zero-order valence-corrected chi connectivity index (χ0v) is 21.9. The minimum Gasteiger partial charge on any atom is -0.495 e. The van der Waals surface area contributed by atoms with Crippen LogP contribution >= 0.6 is 11.6 Å². The van der Waals surface area contributed by atoms with E-state index in [0.717, 1.165) is 4.57 Å². The lowest BCUT2D eigenvalue weighted by atomic mass is 10.00. The van der Waals surface area contributed by atoms with Gasteiger partial charge in [-0.3, -0.25) is 14.2 Å². The molecule has 1 amide bonds. The summed E-state index contributed by atoms with van der Waals surface area (Å²) in [7, 11) is 1.38. The van der Waals surface area contributed by atoms with Gasteiger partial charge in [0.05, 0.1) is 37.1 Å². The monoisotopic (exact) mass is 539 g/mol. The molecule has 2 unspecified atom stereocenters. The lowest BCUT2D eigenvalue weighted by Gasteiger charge is -2.22. The van der Waals surface area contributed by atoms with Gasteiger partial charge in [0.1, 0.15) is 18.0 Å². The second-order valence-corrected chi connectivity index (χ2v) is 8.78. The van der Waals surface area contributed by atoms with Crippen LogP contribution in [0.2, 0.25) is 5.02 Å². The third-order valence-corrected chi connectivity index (χ3v) is 6.12. The number of pyridine rings is 1. The number of carbonyl (C=O) groups is 2. The Morgan fingerprint density at radius 1 is 1.13 bits per heavy atom. The van der Waals surface area contributed by atoms with Crippen LogP contribution in [-0.4, -0.2) is 36.3 Å². The number of hydrogen-bond donors (Lipinski definition) is 1. The molecule has 10 heteroatoms. The van der Waals surface area contributed by atoms with Crippen molar-refractivity contribution in [3.05, 3.63) is 81.2 Å². The van der Waals surface area contributed by atoms with Crippen LogP contribution < -0.4 is 15.6 Å². The number of ether oxygens (including phenoxy) is 2. The number of amides is 1. The number of nitriles is 1. The van der Waals surface area contributed by atoms with Crippen molar-refractivity contribution in [2.24, 2.45) is 0 Å². The molecule has 0 saturated heterocycles. The highest BCUT2D eigenvalue weighted by Gasteiger charge is 2.27. The number of methoxy groups -OCH3 is 1. The molecule has 0 saturated carbocycles. The zero-order valence-electron chi connectivity index (χ0n) is 21.2. The van der Waals surface area contributed by atoms with E-state index in [1.165, 1.54) is 49.7 Å². The standard InChI is InChI=1S/C28H27ClFN3O5/c1-4-20(30)13-24(27(35)32-21-10-7-17(8-11-21)28(36)38-5-2)33-16-25(37-3)23(14-26(33)34)22-12-19(29)9-6-18(22)15-31/h6-12,14,16,20,24H,4-5,13H2,1-3H3,(H,32,35). The van der Waals surface area contributed by atoms with Crippen LogP contribution in [0.4, 0.5) is 10.1 Å². The van der Waals surface area contributed by atoms with Gasteiger partial charge in [-0.1, -0.05) is 18.5 Å². The van der Waals surface area contributed by atoms with Gasteiger partial charge in [0.15, 0.2) is 0 Å². The summed E-state index contributed by atoms with van der Waals surface area (Å²) in [4.78, 5) is 38.4. The topological polar surface area (TPSA) is 110 Å². The molecule has 3 rings (SSSR count). The quantitative estimate of drug-likeness (QED) is 0.338. The van der Waals surface area contributed by atoms with Gasteiger partial charge in [-0.2, -0.15) is 5.26 Å². The number of aromatic nitrogens is 1. The normalized spacial score (nSPS) is 12.2. The Hall–Kier alpha value is -4.16. The number of carbonyl (C=O) groups excluding carboxylic acids is 2. The molecule has 1 aromatic heterocycles. The van der Waals surface area contributed by atoms with E-state index in [1.807, 2.05) is 0 Å². The van der Waals surface area contributed by atoms with Crippen LogP contribution in [0.25, 0.3) is 11.1 Å². The molecule has 1 N–H and O–H groups in total. The Bertz CT molecular complexity index is 1420. The van der Waals surface area contributed by atoms with Gasteiger partial charge in [0.2, 0.25) is 5.91 Å². The second kappa shape index (κ2) is 12.9. The fourth-order valence-electron chi connectivity index (χ4n) is 3.87. The molecule has 0 aliphatic heterocycles. The number of hydrogen-bond acceptors (Lipinski definition) is 6. The van der Waals surface area contributed by atoms with Gasteiger partial charge in [-0.05, 0) is 55.8 Å². The Morgan fingerprint density at radius 2 is 1.84 bits per heavy atom. The van der Waals surface area contributed by atoms with E-state index in [9.17, 15) is 24.0 Å². The SMILES string of the molecule is CCOC(=O)c1ccc(NC(=O)C(CC(F)CC)n2cc(OC)c(-c3cc(Cl)ccc3C#N)cc2=O)cc1. The Morgan fingerprint density at radius 3 is 2.45 bits per heavy atom. The molecule has 2 aromatic carbocycles. The Kier molecular flexibility index (Phi) is 9.63. The van der Waals surface area contributed by atoms with Crippen LogP contribution in [0, 0.1) is 11.3 Å². The zero-order chi connectivity index (χ0) is 27.8. The number of esters is 1. The van der Waals surface area contributed by atoms with E-state index in [2.05, 4.69) is 11.4 Å². The van der Waals surface area contributed by atoms with Gasteiger partial charge in [-0.25, -0.2) is 9.18 Å². The highest BCUT2D eigenvalue weighted by molar-refractivity contribution is 6.31. The molecule has 1 heterocycles. The highest BCUT2D eigenvalue weighted by Crippen LogP contribution is 2.34. The summed E-state index contributed by atoms with van der Waals surface area (Å²) in [6, 6.07) is 12.7. The number of alkyl halides is 1. The van der Waals surface area contributed by atoms with E-state index in [4.69, 9.17) is 21.1 Å². The van der Waals surface area contributed by atoms with Crippen LogP contribution in [0.3, 0.4) is 0 Å². The minimum absolute atomic E-state index is 0.149. The summed E-state index contributed by atoms with van der Waals surface area (Å²) < 4.78 is 26.1. The van der Waals surface area contributed by atoms with Crippen molar-refractivity contribution >= 4 is 29.2 Å². The van der Waals surface area contributed by atoms with Gasteiger partial charge < -0.3 is 14.8 Å². The summed E-state index contributed by atoms with van der Waals surface area (Å²) in [5.74, 6) is -0.918. The third kappa shape index (κ3) is 6.58. The molecular formula is C28H27ClFN3O5. The maximum atomic E-state index is 14.6. The van der Waals surface area contributed by atoms with Crippen molar-refractivity contribution in [2.75, 3.05) is 19.0 Å². The first kappa shape index (κ1) is 28.4. The molecule has 0 radical (unpaired) electrons. The van der Waals surface area contributed by atoms with Gasteiger partial charge >= 0.3 is 5.97 Å². The van der Waals surface area contributed by atoms with Crippen molar-refractivity contribution < 1.29 is 23.5 Å².